The van der Waals surface area contributed by atoms with Gasteiger partial charge >= 0.3 is 0 Å². The first kappa shape index (κ1) is 18.2. The summed E-state index contributed by atoms with van der Waals surface area (Å²) in [4.78, 5) is 14.4. The fourth-order valence-electron chi connectivity index (χ4n) is 2.17. The van der Waals surface area contributed by atoms with Crippen molar-refractivity contribution in [3.8, 4) is 0 Å². The van der Waals surface area contributed by atoms with Gasteiger partial charge in [-0.05, 0) is 24.3 Å². The van der Waals surface area contributed by atoms with Crippen LogP contribution in [0.2, 0.25) is 0 Å². The number of amides is 1. The average Bonchev–Trinajstić information content (AvgIpc) is 2.49. The standard InChI is InChI=1S/C18H22N2O.ClH/c1-15(2)19-14-13-18(21)20(16-9-5-3-6-10-16)17-11-7-4-8-12-17;/h3-12,15,19H,13-14H2,1-2H3;1H. The maximum Gasteiger partial charge on any atom is 0.232 e. The molecule has 0 saturated carbocycles. The largest absolute Gasteiger partial charge is 0.314 e. The summed E-state index contributed by atoms with van der Waals surface area (Å²) in [5.41, 5.74) is 1.80. The summed E-state index contributed by atoms with van der Waals surface area (Å²) in [6.07, 6.45) is 0.474. The van der Waals surface area contributed by atoms with Gasteiger partial charge in [0.25, 0.3) is 0 Å². The fraction of sp³-hybridized carbons (Fsp3) is 0.278. The lowest BCUT2D eigenvalue weighted by molar-refractivity contribution is -0.117. The van der Waals surface area contributed by atoms with Crippen LogP contribution in [0, 0.1) is 0 Å². The van der Waals surface area contributed by atoms with Crippen LogP contribution in [0.1, 0.15) is 20.3 Å². The van der Waals surface area contributed by atoms with Gasteiger partial charge in [-0.2, -0.15) is 0 Å². The molecule has 0 aromatic heterocycles. The smallest absolute Gasteiger partial charge is 0.232 e. The fourth-order valence-corrected chi connectivity index (χ4v) is 2.17. The number of para-hydroxylation sites is 2. The second-order valence-corrected chi connectivity index (χ2v) is 5.26. The van der Waals surface area contributed by atoms with E-state index in [-0.39, 0.29) is 18.3 Å². The van der Waals surface area contributed by atoms with Crippen molar-refractivity contribution >= 4 is 29.7 Å². The molecule has 0 spiro atoms. The summed E-state index contributed by atoms with van der Waals surface area (Å²) in [5.74, 6) is 0.0977. The van der Waals surface area contributed by atoms with Gasteiger partial charge in [-0.3, -0.25) is 9.69 Å². The first-order chi connectivity index (χ1) is 10.2. The molecule has 0 unspecified atom stereocenters. The van der Waals surface area contributed by atoms with Crippen LogP contribution in [0.15, 0.2) is 60.7 Å². The predicted molar refractivity (Wildman–Crippen MR) is 95.0 cm³/mol. The number of anilines is 2. The number of benzene rings is 2. The third kappa shape index (κ3) is 5.17. The molecule has 118 valence electrons. The number of carbonyl (C=O) groups is 1. The lowest BCUT2D eigenvalue weighted by Crippen LogP contribution is -2.31. The van der Waals surface area contributed by atoms with Crippen LogP contribution in [-0.2, 0) is 4.79 Å². The van der Waals surface area contributed by atoms with Crippen molar-refractivity contribution < 1.29 is 4.79 Å². The van der Waals surface area contributed by atoms with E-state index in [4.69, 9.17) is 0 Å². The molecule has 0 radical (unpaired) electrons. The Bertz CT molecular complexity index is 518. The van der Waals surface area contributed by atoms with E-state index in [1.165, 1.54) is 0 Å². The molecule has 0 heterocycles. The molecule has 1 N–H and O–H groups in total. The third-order valence-electron chi connectivity index (χ3n) is 3.17. The zero-order valence-corrected chi connectivity index (χ0v) is 13.8. The Morgan fingerprint density at radius 2 is 1.41 bits per heavy atom. The minimum absolute atomic E-state index is 0. The van der Waals surface area contributed by atoms with Crippen molar-refractivity contribution in [1.82, 2.24) is 5.32 Å². The van der Waals surface area contributed by atoms with Gasteiger partial charge in [0.05, 0.1) is 0 Å². The van der Waals surface area contributed by atoms with Gasteiger partial charge < -0.3 is 5.32 Å². The monoisotopic (exact) mass is 318 g/mol. The molecular weight excluding hydrogens is 296 g/mol. The number of hydrogen-bond donors (Lipinski definition) is 1. The topological polar surface area (TPSA) is 32.3 Å². The first-order valence-electron chi connectivity index (χ1n) is 7.35. The van der Waals surface area contributed by atoms with Crippen LogP contribution in [0.4, 0.5) is 11.4 Å². The van der Waals surface area contributed by atoms with Gasteiger partial charge in [0, 0.05) is 30.4 Å². The Hall–Kier alpha value is -1.84. The quantitative estimate of drug-likeness (QED) is 0.867. The van der Waals surface area contributed by atoms with Gasteiger partial charge in [0.15, 0.2) is 0 Å². The highest BCUT2D eigenvalue weighted by atomic mass is 35.5. The normalized spacial score (nSPS) is 10.1. The minimum Gasteiger partial charge on any atom is -0.314 e. The van der Waals surface area contributed by atoms with Gasteiger partial charge in [-0.1, -0.05) is 50.2 Å². The summed E-state index contributed by atoms with van der Waals surface area (Å²) in [6.45, 7) is 4.85. The summed E-state index contributed by atoms with van der Waals surface area (Å²) >= 11 is 0. The Morgan fingerprint density at radius 1 is 0.955 bits per heavy atom. The zero-order valence-electron chi connectivity index (χ0n) is 13.0. The zero-order chi connectivity index (χ0) is 15.1. The van der Waals surface area contributed by atoms with Gasteiger partial charge in [0.1, 0.15) is 0 Å². The van der Waals surface area contributed by atoms with Gasteiger partial charge in [0.2, 0.25) is 5.91 Å². The highest BCUT2D eigenvalue weighted by molar-refractivity contribution is 6.00. The number of halogens is 1. The van der Waals surface area contributed by atoms with Crippen molar-refractivity contribution in [3.63, 3.8) is 0 Å². The van der Waals surface area contributed by atoms with E-state index in [1.54, 1.807) is 4.90 Å². The summed E-state index contributed by atoms with van der Waals surface area (Å²) in [5, 5.41) is 3.29. The van der Waals surface area contributed by atoms with E-state index in [1.807, 2.05) is 60.7 Å². The molecular formula is C18H23ClN2O. The number of rotatable bonds is 6. The van der Waals surface area contributed by atoms with Crippen molar-refractivity contribution in [2.75, 3.05) is 11.4 Å². The van der Waals surface area contributed by atoms with E-state index in [2.05, 4.69) is 19.2 Å². The lowest BCUT2D eigenvalue weighted by Gasteiger charge is -2.23. The van der Waals surface area contributed by atoms with Crippen molar-refractivity contribution in [2.24, 2.45) is 0 Å². The van der Waals surface area contributed by atoms with Gasteiger partial charge in [-0.25, -0.2) is 0 Å². The van der Waals surface area contributed by atoms with Crippen LogP contribution in [0.5, 0.6) is 0 Å². The Balaban J connectivity index is 0.00000242. The van der Waals surface area contributed by atoms with Crippen LogP contribution in [0.3, 0.4) is 0 Å². The molecule has 4 heteroatoms. The van der Waals surface area contributed by atoms with Crippen molar-refractivity contribution in [3.05, 3.63) is 60.7 Å². The maximum atomic E-state index is 12.6. The van der Waals surface area contributed by atoms with Crippen LogP contribution in [0.25, 0.3) is 0 Å². The van der Waals surface area contributed by atoms with Crippen molar-refractivity contribution in [2.45, 2.75) is 26.3 Å². The SMILES string of the molecule is CC(C)NCCC(=O)N(c1ccccc1)c1ccccc1.Cl. The molecule has 0 aliphatic heterocycles. The van der Waals surface area contributed by atoms with E-state index >= 15 is 0 Å². The van der Waals surface area contributed by atoms with E-state index in [0.29, 0.717) is 19.0 Å². The first-order valence-corrected chi connectivity index (χ1v) is 7.35. The Labute approximate surface area is 138 Å². The number of nitrogens with zero attached hydrogens (tertiary/aromatic N) is 1. The third-order valence-corrected chi connectivity index (χ3v) is 3.17. The summed E-state index contributed by atoms with van der Waals surface area (Å²) < 4.78 is 0. The van der Waals surface area contributed by atoms with Crippen LogP contribution in [-0.4, -0.2) is 18.5 Å². The molecule has 2 aromatic rings. The molecule has 22 heavy (non-hydrogen) atoms. The lowest BCUT2D eigenvalue weighted by atomic mass is 10.2. The molecule has 0 fully saturated rings. The molecule has 0 aliphatic carbocycles. The highest BCUT2D eigenvalue weighted by Gasteiger charge is 2.17. The maximum absolute atomic E-state index is 12.6. The minimum atomic E-state index is 0. The summed E-state index contributed by atoms with van der Waals surface area (Å²) in [6, 6.07) is 19.9. The van der Waals surface area contributed by atoms with Gasteiger partial charge in [-0.15, -0.1) is 12.4 Å². The number of nitrogens with one attached hydrogen (secondary N) is 1. The van der Waals surface area contributed by atoms with Crippen LogP contribution >= 0.6 is 12.4 Å². The Kier molecular flexibility index (Phi) is 7.64. The van der Waals surface area contributed by atoms with Crippen molar-refractivity contribution in [1.29, 1.82) is 0 Å². The predicted octanol–water partition coefficient (Wildman–Crippen LogP) is 4.16. The molecule has 0 saturated heterocycles. The molecule has 0 bridgehead atoms. The number of hydrogen-bond acceptors (Lipinski definition) is 2. The van der Waals surface area contributed by atoms with E-state index < -0.39 is 0 Å². The highest BCUT2D eigenvalue weighted by Crippen LogP contribution is 2.25. The van der Waals surface area contributed by atoms with E-state index in [9.17, 15) is 4.79 Å². The molecule has 2 aromatic carbocycles. The Morgan fingerprint density at radius 3 is 1.82 bits per heavy atom. The average molecular weight is 319 g/mol. The molecule has 0 atom stereocenters. The molecule has 3 nitrogen and oxygen atoms in total. The van der Waals surface area contributed by atoms with Crippen LogP contribution < -0.4 is 10.2 Å². The second kappa shape index (κ2) is 9.23. The summed E-state index contributed by atoms with van der Waals surface area (Å²) in [7, 11) is 0. The van der Waals surface area contributed by atoms with E-state index in [0.717, 1.165) is 11.4 Å². The molecule has 2 rings (SSSR count). The molecule has 1 amide bonds. The number of carbonyl (C=O) groups excluding carboxylic acids is 1. The molecule has 0 aliphatic rings. The second-order valence-electron chi connectivity index (χ2n) is 5.26.